The van der Waals surface area contributed by atoms with Crippen molar-refractivity contribution < 1.29 is 4.74 Å². The highest BCUT2D eigenvalue weighted by Crippen LogP contribution is 2.23. The van der Waals surface area contributed by atoms with Crippen LogP contribution in [0.25, 0.3) is 0 Å². The first-order valence-electron chi connectivity index (χ1n) is 9.58. The third-order valence-electron chi connectivity index (χ3n) is 3.80. The third kappa shape index (κ3) is 8.04. The second-order valence-corrected chi connectivity index (χ2v) is 7.24. The van der Waals surface area contributed by atoms with Crippen LogP contribution in [0, 0.1) is 0 Å². The van der Waals surface area contributed by atoms with Gasteiger partial charge in [0.2, 0.25) is 0 Å². The first kappa shape index (κ1) is 24.2. The lowest BCUT2D eigenvalue weighted by molar-refractivity contribution is 0.129. The summed E-state index contributed by atoms with van der Waals surface area (Å²) in [6, 6.07) is 8.05. The van der Waals surface area contributed by atoms with Crippen LogP contribution in [0.15, 0.2) is 35.6 Å². The number of ether oxygens (including phenoxy) is 1. The highest BCUT2D eigenvalue weighted by atomic mass is 127. The Morgan fingerprint density at radius 1 is 1.18 bits per heavy atom. The van der Waals surface area contributed by atoms with Crippen molar-refractivity contribution >= 4 is 29.9 Å². The summed E-state index contributed by atoms with van der Waals surface area (Å²) in [7, 11) is 0. The Morgan fingerprint density at radius 2 is 1.93 bits per heavy atom. The van der Waals surface area contributed by atoms with Gasteiger partial charge in [0.05, 0.1) is 6.54 Å². The van der Waals surface area contributed by atoms with E-state index in [-0.39, 0.29) is 29.6 Å². The number of benzene rings is 1. The zero-order chi connectivity index (χ0) is 19.7. The van der Waals surface area contributed by atoms with Gasteiger partial charge in [0, 0.05) is 31.6 Å². The molecule has 0 unspecified atom stereocenters. The average molecular weight is 500 g/mol. The molecule has 0 saturated heterocycles. The van der Waals surface area contributed by atoms with E-state index in [1.54, 1.807) is 6.33 Å². The number of hydrogen-bond acceptors (Lipinski definition) is 4. The molecule has 2 aromatic rings. The van der Waals surface area contributed by atoms with Gasteiger partial charge in [-0.05, 0) is 33.8 Å². The maximum Gasteiger partial charge on any atom is 0.191 e. The molecule has 2 rings (SSSR count). The van der Waals surface area contributed by atoms with Crippen molar-refractivity contribution in [2.24, 2.45) is 4.99 Å². The molecule has 0 radical (unpaired) electrons. The number of halogens is 1. The van der Waals surface area contributed by atoms with Gasteiger partial charge in [-0.15, -0.1) is 34.2 Å². The van der Waals surface area contributed by atoms with E-state index in [9.17, 15) is 0 Å². The number of para-hydroxylation sites is 1. The average Bonchev–Trinajstić information content (AvgIpc) is 3.07. The lowest BCUT2D eigenvalue weighted by atomic mass is 10.1. The monoisotopic (exact) mass is 500 g/mol. The van der Waals surface area contributed by atoms with Crippen LogP contribution in [0.1, 0.15) is 46.0 Å². The third-order valence-corrected chi connectivity index (χ3v) is 3.80. The van der Waals surface area contributed by atoms with Crippen molar-refractivity contribution in [3.8, 4) is 5.75 Å². The van der Waals surface area contributed by atoms with Gasteiger partial charge in [-0.25, -0.2) is 4.99 Å². The van der Waals surface area contributed by atoms with E-state index < -0.39 is 0 Å². The molecule has 2 N–H and O–H groups in total. The molecule has 1 aromatic carbocycles. The molecule has 0 aliphatic heterocycles. The number of nitrogens with one attached hydrogen (secondary N) is 2. The summed E-state index contributed by atoms with van der Waals surface area (Å²) >= 11 is 0. The van der Waals surface area contributed by atoms with Gasteiger partial charge in [-0.3, -0.25) is 0 Å². The SMILES string of the molecule is CCNC(=NCc1ccccc1OC(C)(C)C)NCCn1cnnc1CC.I. The molecule has 1 heterocycles. The fraction of sp³-hybridized carbons (Fsp3) is 0.550. The van der Waals surface area contributed by atoms with Gasteiger partial charge < -0.3 is 19.9 Å². The summed E-state index contributed by atoms with van der Waals surface area (Å²) in [5, 5.41) is 14.7. The Bertz CT molecular complexity index is 738. The molecule has 0 fully saturated rings. The van der Waals surface area contributed by atoms with E-state index in [4.69, 9.17) is 9.73 Å². The molecule has 156 valence electrons. The molecule has 0 spiro atoms. The molecule has 0 amide bonds. The molecule has 28 heavy (non-hydrogen) atoms. The van der Waals surface area contributed by atoms with Gasteiger partial charge in [0.25, 0.3) is 0 Å². The number of aromatic nitrogens is 3. The zero-order valence-electron chi connectivity index (χ0n) is 17.5. The van der Waals surface area contributed by atoms with Crippen molar-refractivity contribution in [2.75, 3.05) is 13.1 Å². The Balaban J connectivity index is 0.00000392. The fourth-order valence-corrected chi connectivity index (χ4v) is 2.60. The Kier molecular flexibility index (Phi) is 10.3. The van der Waals surface area contributed by atoms with E-state index >= 15 is 0 Å². The fourth-order valence-electron chi connectivity index (χ4n) is 2.60. The molecule has 7 nitrogen and oxygen atoms in total. The Hall–Kier alpha value is -1.84. The van der Waals surface area contributed by atoms with Gasteiger partial charge in [-0.2, -0.15) is 0 Å². The summed E-state index contributed by atoms with van der Waals surface area (Å²) in [6.45, 7) is 13.2. The minimum Gasteiger partial charge on any atom is -0.488 e. The van der Waals surface area contributed by atoms with Crippen LogP contribution in [-0.4, -0.2) is 39.4 Å². The van der Waals surface area contributed by atoms with Gasteiger partial charge in [0.15, 0.2) is 5.96 Å². The number of rotatable bonds is 8. The van der Waals surface area contributed by atoms with Crippen LogP contribution >= 0.6 is 24.0 Å². The quantitative estimate of drug-likeness (QED) is 0.330. The van der Waals surface area contributed by atoms with Gasteiger partial charge in [-0.1, -0.05) is 25.1 Å². The van der Waals surface area contributed by atoms with E-state index in [0.29, 0.717) is 6.54 Å². The highest BCUT2D eigenvalue weighted by molar-refractivity contribution is 14.0. The maximum atomic E-state index is 6.05. The minimum atomic E-state index is -0.238. The van der Waals surface area contributed by atoms with E-state index in [2.05, 4.69) is 45.3 Å². The van der Waals surface area contributed by atoms with Gasteiger partial charge >= 0.3 is 0 Å². The molecule has 0 aliphatic rings. The Labute approximate surface area is 185 Å². The predicted octanol–water partition coefficient (Wildman–Crippen LogP) is 3.39. The normalized spacial score (nSPS) is 11.7. The molecular formula is C20H33IN6O. The molecule has 0 saturated carbocycles. The standard InChI is InChI=1S/C20H32N6O.HI/c1-6-18-25-24-15-26(18)13-12-22-19(21-7-2)23-14-16-10-8-9-11-17(16)27-20(3,4)5;/h8-11,15H,6-7,12-14H2,1-5H3,(H2,21,22,23);1H. The van der Waals surface area contributed by atoms with Crippen LogP contribution in [0.3, 0.4) is 0 Å². The Morgan fingerprint density at radius 3 is 2.61 bits per heavy atom. The molecule has 0 aliphatic carbocycles. The smallest absolute Gasteiger partial charge is 0.191 e. The van der Waals surface area contributed by atoms with E-state index in [0.717, 1.165) is 49.2 Å². The van der Waals surface area contributed by atoms with Crippen molar-refractivity contribution in [3.05, 3.63) is 42.0 Å². The molecule has 1 aromatic heterocycles. The number of guanidine groups is 1. The summed E-state index contributed by atoms with van der Waals surface area (Å²) < 4.78 is 8.11. The summed E-state index contributed by atoms with van der Waals surface area (Å²) in [4.78, 5) is 4.71. The number of aliphatic imine (C=N–C) groups is 1. The van der Waals surface area contributed by atoms with Gasteiger partial charge in [0.1, 0.15) is 23.5 Å². The van der Waals surface area contributed by atoms with Crippen LogP contribution in [0.4, 0.5) is 0 Å². The number of aryl methyl sites for hydroxylation is 1. The van der Waals surface area contributed by atoms with Crippen molar-refractivity contribution in [1.82, 2.24) is 25.4 Å². The largest absolute Gasteiger partial charge is 0.488 e. The molecule has 0 atom stereocenters. The maximum absolute atomic E-state index is 6.05. The van der Waals surface area contributed by atoms with Crippen molar-refractivity contribution in [2.45, 2.75) is 59.7 Å². The number of nitrogens with zero attached hydrogens (tertiary/aromatic N) is 4. The molecule has 0 bridgehead atoms. The van der Waals surface area contributed by atoms with E-state index in [1.807, 2.05) is 39.0 Å². The molecular weight excluding hydrogens is 467 g/mol. The summed E-state index contributed by atoms with van der Waals surface area (Å²) in [5.41, 5.74) is 0.829. The first-order valence-corrected chi connectivity index (χ1v) is 9.58. The number of hydrogen-bond donors (Lipinski definition) is 2. The zero-order valence-corrected chi connectivity index (χ0v) is 19.9. The second kappa shape index (κ2) is 11.9. The van der Waals surface area contributed by atoms with Crippen LogP contribution in [-0.2, 0) is 19.5 Å². The van der Waals surface area contributed by atoms with E-state index in [1.165, 1.54) is 0 Å². The minimum absolute atomic E-state index is 0. The van der Waals surface area contributed by atoms with Crippen LogP contribution < -0.4 is 15.4 Å². The van der Waals surface area contributed by atoms with Crippen LogP contribution in [0.2, 0.25) is 0 Å². The second-order valence-electron chi connectivity index (χ2n) is 7.24. The summed E-state index contributed by atoms with van der Waals surface area (Å²) in [6.07, 6.45) is 2.64. The van der Waals surface area contributed by atoms with Crippen LogP contribution in [0.5, 0.6) is 5.75 Å². The van der Waals surface area contributed by atoms with Crippen molar-refractivity contribution in [1.29, 1.82) is 0 Å². The highest BCUT2D eigenvalue weighted by Gasteiger charge is 2.14. The summed E-state index contributed by atoms with van der Waals surface area (Å²) in [5.74, 6) is 2.66. The topological polar surface area (TPSA) is 76.4 Å². The first-order chi connectivity index (χ1) is 12.9. The van der Waals surface area contributed by atoms with Crippen molar-refractivity contribution in [3.63, 3.8) is 0 Å². The predicted molar refractivity (Wildman–Crippen MR) is 124 cm³/mol. The molecule has 8 heteroatoms. The lowest BCUT2D eigenvalue weighted by Gasteiger charge is -2.23. The lowest BCUT2D eigenvalue weighted by Crippen LogP contribution is -2.39.